The van der Waals surface area contributed by atoms with E-state index in [9.17, 15) is 0 Å². The summed E-state index contributed by atoms with van der Waals surface area (Å²) in [6.45, 7) is 7.94. The van der Waals surface area contributed by atoms with Gasteiger partial charge in [-0.25, -0.2) is 4.98 Å². The van der Waals surface area contributed by atoms with Crippen LogP contribution < -0.4 is 10.4 Å². The van der Waals surface area contributed by atoms with Crippen molar-refractivity contribution in [3.05, 3.63) is 162 Å². The van der Waals surface area contributed by atoms with Gasteiger partial charge >= 0.3 is 0 Å². The molecule has 8 rings (SSSR count). The second-order valence-corrected chi connectivity index (χ2v) is 17.2. The van der Waals surface area contributed by atoms with Crippen LogP contribution in [0.25, 0.3) is 22.6 Å². The number of hydrogen-bond donors (Lipinski definition) is 0. The Balaban J connectivity index is 1.31. The van der Waals surface area contributed by atoms with Gasteiger partial charge in [0.15, 0.2) is 5.76 Å². The lowest BCUT2D eigenvalue weighted by atomic mass is 9.75. The normalized spacial score (nSPS) is 19.5. The van der Waals surface area contributed by atoms with Crippen LogP contribution in [0.2, 0.25) is 0 Å². The molecule has 5 heteroatoms. The van der Waals surface area contributed by atoms with E-state index < -0.39 is 14.8 Å². The fourth-order valence-corrected chi connectivity index (χ4v) is 10.9. The van der Waals surface area contributed by atoms with Crippen molar-refractivity contribution in [2.75, 3.05) is 6.54 Å². The third kappa shape index (κ3) is 6.08. The highest BCUT2D eigenvalue weighted by molar-refractivity contribution is 6.80. The van der Waals surface area contributed by atoms with E-state index in [0.717, 1.165) is 67.1 Å². The van der Waals surface area contributed by atoms with E-state index in [1.54, 1.807) is 0 Å². The molecule has 0 amide bonds. The number of rotatable bonds is 8. The smallest absolute Gasteiger partial charge is 0.242 e. The molecule has 1 saturated heterocycles. The second kappa shape index (κ2) is 13.6. The third-order valence-electron chi connectivity index (χ3n) is 10.6. The molecule has 0 saturated carbocycles. The number of likely N-dealkylation sites (tertiary alicyclic amines) is 1. The van der Waals surface area contributed by atoms with Gasteiger partial charge < -0.3 is 8.84 Å². The first-order valence-corrected chi connectivity index (χ1v) is 19.8. The summed E-state index contributed by atoms with van der Waals surface area (Å²) in [7, 11) is -2.18. The summed E-state index contributed by atoms with van der Waals surface area (Å²) < 4.78 is 14.9. The van der Waals surface area contributed by atoms with Gasteiger partial charge in [-0.1, -0.05) is 160 Å². The predicted molar refractivity (Wildman–Crippen MR) is 206 cm³/mol. The summed E-state index contributed by atoms with van der Waals surface area (Å²) in [5, 5.41) is 2.59. The third-order valence-corrected chi connectivity index (χ3v) is 13.2. The molecule has 2 atom stereocenters. The molecule has 1 aliphatic carbocycles. The maximum absolute atomic E-state index is 7.98. The molecule has 4 nitrogen and oxygen atoms in total. The highest BCUT2D eigenvalue weighted by Gasteiger charge is 2.51. The van der Waals surface area contributed by atoms with Crippen LogP contribution in [0.5, 0.6) is 0 Å². The minimum Gasteiger partial charge on any atom is -0.438 e. The molecule has 2 aliphatic rings. The minimum absolute atomic E-state index is 0.0201. The molecule has 1 aliphatic heterocycles. The summed E-state index contributed by atoms with van der Waals surface area (Å²) in [4.78, 5) is 8.02. The van der Waals surface area contributed by atoms with Gasteiger partial charge in [-0.2, -0.15) is 0 Å². The van der Waals surface area contributed by atoms with Gasteiger partial charge in [0.25, 0.3) is 0 Å². The van der Waals surface area contributed by atoms with Gasteiger partial charge in [0, 0.05) is 23.2 Å². The van der Waals surface area contributed by atoms with Crippen LogP contribution in [0.1, 0.15) is 75.1 Å². The first-order chi connectivity index (χ1) is 24.4. The van der Waals surface area contributed by atoms with E-state index in [0.29, 0.717) is 0 Å². The maximum Gasteiger partial charge on any atom is 0.242 e. The average molecular weight is 675 g/mol. The monoisotopic (exact) mass is 674 g/mol. The van der Waals surface area contributed by atoms with Crippen LogP contribution >= 0.6 is 0 Å². The largest absolute Gasteiger partial charge is 0.438 e. The zero-order valence-corrected chi connectivity index (χ0v) is 30.5. The lowest BCUT2D eigenvalue weighted by molar-refractivity contribution is -0.118. The standard InChI is InChI=1S/C45H46N2O2Si/c1-44(2,3)38-28-16-29-39-37(38)27-17-31-45(39,49-50(35-23-12-6-13-24-35)36-25-14-7-15-26-36)47-32-18-30-40(47)43-46-41(33-19-8-4-9-20-33)42(48-43)34-21-10-5-11-22-34/h4-16,19-26,28-29,40,50H,17-18,27,30-32H2,1-3H3/t40-,45-/m0/s1. The van der Waals surface area contributed by atoms with Crippen LogP contribution in [-0.2, 0) is 22.0 Å². The van der Waals surface area contributed by atoms with Gasteiger partial charge in [-0.05, 0) is 59.0 Å². The van der Waals surface area contributed by atoms with E-state index in [1.807, 2.05) is 0 Å². The number of hydrogen-bond acceptors (Lipinski definition) is 4. The van der Waals surface area contributed by atoms with Crippen molar-refractivity contribution in [1.82, 2.24) is 9.88 Å². The molecular weight excluding hydrogens is 629 g/mol. The van der Waals surface area contributed by atoms with E-state index in [4.69, 9.17) is 13.8 Å². The van der Waals surface area contributed by atoms with E-state index in [-0.39, 0.29) is 11.5 Å². The molecule has 0 unspecified atom stereocenters. The van der Waals surface area contributed by atoms with E-state index >= 15 is 0 Å². The quantitative estimate of drug-likeness (QED) is 0.151. The van der Waals surface area contributed by atoms with Crippen molar-refractivity contribution < 1.29 is 8.84 Å². The van der Waals surface area contributed by atoms with Gasteiger partial charge in [0.05, 0.1) is 6.04 Å². The average Bonchev–Trinajstić information content (AvgIpc) is 3.84. The molecule has 0 spiro atoms. The number of aromatic nitrogens is 1. The number of fused-ring (bicyclic) bond motifs is 1. The van der Waals surface area contributed by atoms with E-state index in [2.05, 4.69) is 165 Å². The van der Waals surface area contributed by atoms with Crippen molar-refractivity contribution in [2.24, 2.45) is 0 Å². The molecule has 5 aromatic carbocycles. The molecule has 6 aromatic rings. The van der Waals surface area contributed by atoms with E-state index in [1.165, 1.54) is 27.1 Å². The molecule has 0 N–H and O–H groups in total. The summed E-state index contributed by atoms with van der Waals surface area (Å²) in [5.41, 5.74) is 6.59. The van der Waals surface area contributed by atoms with Crippen LogP contribution in [0.15, 0.2) is 144 Å². The van der Waals surface area contributed by atoms with Crippen molar-refractivity contribution in [3.8, 4) is 22.6 Å². The Kier molecular flexibility index (Phi) is 8.90. The zero-order chi connectivity index (χ0) is 34.1. The van der Waals surface area contributed by atoms with Crippen molar-refractivity contribution in [1.29, 1.82) is 0 Å². The Morgan fingerprint density at radius 3 is 1.94 bits per heavy atom. The van der Waals surface area contributed by atoms with Crippen molar-refractivity contribution in [2.45, 2.75) is 70.1 Å². The lowest BCUT2D eigenvalue weighted by Gasteiger charge is -2.50. The Morgan fingerprint density at radius 2 is 1.32 bits per heavy atom. The van der Waals surface area contributed by atoms with Crippen LogP contribution in [0.4, 0.5) is 0 Å². The Bertz CT molecular complexity index is 1940. The second-order valence-electron chi connectivity index (χ2n) is 14.9. The SMILES string of the molecule is CC(C)(C)c1cccc2c1CCC[C@@]2(O[SiH](c1ccccc1)c1ccccc1)N1CCC[C@H]1c1nc(-c2ccccc2)c(-c2ccccc2)o1. The Hall–Kier alpha value is -4.55. The molecule has 1 fully saturated rings. The van der Waals surface area contributed by atoms with Gasteiger partial charge in [0.2, 0.25) is 14.9 Å². The number of benzene rings is 5. The molecule has 0 radical (unpaired) electrons. The molecular formula is C45H46N2O2Si. The van der Waals surface area contributed by atoms with Crippen molar-refractivity contribution in [3.63, 3.8) is 0 Å². The Morgan fingerprint density at radius 1 is 0.720 bits per heavy atom. The zero-order valence-electron chi connectivity index (χ0n) is 29.4. The first-order valence-electron chi connectivity index (χ1n) is 18.2. The molecule has 2 heterocycles. The molecule has 50 heavy (non-hydrogen) atoms. The summed E-state index contributed by atoms with van der Waals surface area (Å²) in [6, 6.07) is 49.7. The lowest BCUT2D eigenvalue weighted by Crippen LogP contribution is -2.58. The fraction of sp³-hybridized carbons (Fsp3) is 0.267. The van der Waals surface area contributed by atoms with Crippen LogP contribution in [-0.4, -0.2) is 25.5 Å². The van der Waals surface area contributed by atoms with Gasteiger partial charge in [0.1, 0.15) is 11.4 Å². The fourth-order valence-electron chi connectivity index (χ4n) is 8.34. The highest BCUT2D eigenvalue weighted by Crippen LogP contribution is 2.51. The van der Waals surface area contributed by atoms with Crippen LogP contribution in [0, 0.1) is 0 Å². The highest BCUT2D eigenvalue weighted by atomic mass is 28.3. The molecule has 1 aromatic heterocycles. The number of oxazole rings is 1. The van der Waals surface area contributed by atoms with Gasteiger partial charge in [-0.15, -0.1) is 0 Å². The van der Waals surface area contributed by atoms with Gasteiger partial charge in [-0.3, -0.25) is 4.90 Å². The summed E-state index contributed by atoms with van der Waals surface area (Å²) in [5.74, 6) is 1.61. The van der Waals surface area contributed by atoms with Crippen molar-refractivity contribution >= 4 is 19.4 Å². The summed E-state index contributed by atoms with van der Waals surface area (Å²) >= 11 is 0. The maximum atomic E-state index is 7.98. The van der Waals surface area contributed by atoms with Crippen LogP contribution in [0.3, 0.4) is 0 Å². The molecule has 252 valence electrons. The topological polar surface area (TPSA) is 38.5 Å². The summed E-state index contributed by atoms with van der Waals surface area (Å²) in [6.07, 6.45) is 5.06. The first kappa shape index (κ1) is 32.6. The minimum atomic E-state index is -2.18. The predicted octanol–water partition coefficient (Wildman–Crippen LogP) is 9.19. The number of nitrogens with zero attached hydrogens (tertiary/aromatic N) is 2. The Labute approximate surface area is 298 Å². The molecule has 0 bridgehead atoms.